The quantitative estimate of drug-likeness (QED) is 0.867. The number of hydrogen-bond acceptors (Lipinski definition) is 3. The van der Waals surface area contributed by atoms with Crippen LogP contribution in [0.4, 0.5) is 4.79 Å². The second-order valence-electron chi connectivity index (χ2n) is 5.13. The summed E-state index contributed by atoms with van der Waals surface area (Å²) in [5.74, 6) is 0. The number of carbonyl (C=O) groups excluding carboxylic acids is 1. The van der Waals surface area contributed by atoms with Crippen molar-refractivity contribution in [3.05, 3.63) is 23.0 Å². The topological polar surface area (TPSA) is 67.0 Å². The van der Waals surface area contributed by atoms with E-state index in [-0.39, 0.29) is 0 Å². The molecular weight excluding hydrogens is 230 g/mol. The first-order chi connectivity index (χ1) is 8.29. The predicted octanol–water partition coefficient (Wildman–Crippen LogP) is 2.56. The number of ether oxygens (including phenoxy) is 1. The maximum atomic E-state index is 11.4. The van der Waals surface area contributed by atoms with Gasteiger partial charge in [-0.2, -0.15) is 5.10 Å². The number of carbonyl (C=O) groups is 1. The van der Waals surface area contributed by atoms with Crippen LogP contribution >= 0.6 is 0 Å². The van der Waals surface area contributed by atoms with E-state index in [1.807, 2.05) is 46.8 Å². The molecular formula is C13H21N3O2. The molecule has 0 aliphatic carbocycles. The molecule has 0 saturated carbocycles. The second kappa shape index (κ2) is 5.71. The highest BCUT2D eigenvalue weighted by atomic mass is 16.6. The number of aryl methyl sites for hydroxylation is 2. The number of H-pyrrole nitrogens is 1. The van der Waals surface area contributed by atoms with Gasteiger partial charge in [0.1, 0.15) is 5.60 Å². The van der Waals surface area contributed by atoms with Gasteiger partial charge in [-0.3, -0.25) is 5.10 Å². The van der Waals surface area contributed by atoms with Gasteiger partial charge < -0.3 is 10.1 Å². The third kappa shape index (κ3) is 4.61. The number of alkyl carbamates (subject to hydrolysis) is 1. The van der Waals surface area contributed by atoms with E-state index in [4.69, 9.17) is 4.74 Å². The van der Waals surface area contributed by atoms with Crippen molar-refractivity contribution in [2.75, 3.05) is 6.54 Å². The zero-order valence-electron chi connectivity index (χ0n) is 11.6. The van der Waals surface area contributed by atoms with Crippen molar-refractivity contribution >= 4 is 12.2 Å². The van der Waals surface area contributed by atoms with Gasteiger partial charge in [-0.05, 0) is 34.6 Å². The van der Waals surface area contributed by atoms with Crippen molar-refractivity contribution in [1.82, 2.24) is 15.5 Å². The summed E-state index contributed by atoms with van der Waals surface area (Å²) in [6.45, 7) is 9.83. The number of rotatable bonds is 3. The molecule has 0 spiro atoms. The number of amides is 1. The average molecular weight is 251 g/mol. The molecule has 2 N–H and O–H groups in total. The minimum atomic E-state index is -0.467. The lowest BCUT2D eigenvalue weighted by Crippen LogP contribution is -2.32. The molecule has 0 fully saturated rings. The SMILES string of the molecule is Cc1n[nH]c(C)c1C=CCNC(=O)OC(C)(C)C. The molecule has 0 aliphatic rings. The summed E-state index contributed by atoms with van der Waals surface area (Å²) >= 11 is 0. The van der Waals surface area contributed by atoms with Gasteiger partial charge in [0.2, 0.25) is 0 Å². The van der Waals surface area contributed by atoms with Crippen LogP contribution in [0.1, 0.15) is 37.7 Å². The van der Waals surface area contributed by atoms with Gasteiger partial charge in [-0.1, -0.05) is 12.2 Å². The van der Waals surface area contributed by atoms with E-state index in [0.29, 0.717) is 6.54 Å². The normalized spacial score (nSPS) is 11.8. The van der Waals surface area contributed by atoms with Crippen molar-refractivity contribution in [3.8, 4) is 0 Å². The maximum Gasteiger partial charge on any atom is 0.407 e. The summed E-state index contributed by atoms with van der Waals surface area (Å²) in [7, 11) is 0. The summed E-state index contributed by atoms with van der Waals surface area (Å²) in [5.41, 5.74) is 2.55. The largest absolute Gasteiger partial charge is 0.444 e. The van der Waals surface area contributed by atoms with Gasteiger partial charge >= 0.3 is 6.09 Å². The molecule has 1 amide bonds. The lowest BCUT2D eigenvalue weighted by atomic mass is 10.2. The third-order valence-electron chi connectivity index (χ3n) is 2.23. The highest BCUT2D eigenvalue weighted by molar-refractivity contribution is 5.68. The number of hydrogen-bond donors (Lipinski definition) is 2. The third-order valence-corrected chi connectivity index (χ3v) is 2.23. The molecule has 1 rings (SSSR count). The summed E-state index contributed by atoms with van der Waals surface area (Å²) in [5, 5.41) is 9.66. The molecule has 5 heteroatoms. The van der Waals surface area contributed by atoms with Crippen LogP contribution in [0, 0.1) is 13.8 Å². The fraction of sp³-hybridized carbons (Fsp3) is 0.538. The first kappa shape index (κ1) is 14.3. The first-order valence-electron chi connectivity index (χ1n) is 5.94. The molecule has 0 aromatic carbocycles. The summed E-state index contributed by atoms with van der Waals surface area (Å²) in [6.07, 6.45) is 3.40. The highest BCUT2D eigenvalue weighted by Crippen LogP contribution is 2.10. The molecule has 0 unspecified atom stereocenters. The van der Waals surface area contributed by atoms with Crippen LogP contribution in [0.25, 0.3) is 6.08 Å². The molecule has 0 saturated heterocycles. The standard InChI is InChI=1S/C13H21N3O2/c1-9-11(10(2)16-15-9)7-6-8-14-12(17)18-13(3,4)5/h6-7H,8H2,1-5H3,(H,14,17)(H,15,16). The van der Waals surface area contributed by atoms with Crippen molar-refractivity contribution in [2.45, 2.75) is 40.2 Å². The number of aromatic nitrogens is 2. The first-order valence-corrected chi connectivity index (χ1v) is 5.94. The Bertz CT molecular complexity index is 422. The molecule has 0 radical (unpaired) electrons. The van der Waals surface area contributed by atoms with Gasteiger partial charge in [0.25, 0.3) is 0 Å². The van der Waals surface area contributed by atoms with Crippen LogP contribution in [0.5, 0.6) is 0 Å². The fourth-order valence-electron chi connectivity index (χ4n) is 1.44. The minimum absolute atomic E-state index is 0.409. The molecule has 0 aliphatic heterocycles. The number of nitrogens with one attached hydrogen (secondary N) is 2. The molecule has 0 atom stereocenters. The highest BCUT2D eigenvalue weighted by Gasteiger charge is 2.14. The lowest BCUT2D eigenvalue weighted by molar-refractivity contribution is 0.0534. The zero-order chi connectivity index (χ0) is 13.8. The molecule has 100 valence electrons. The monoisotopic (exact) mass is 251 g/mol. The Kier molecular flexibility index (Phi) is 4.53. The Morgan fingerprint density at radius 2 is 2.11 bits per heavy atom. The summed E-state index contributed by atoms with van der Waals surface area (Å²) in [4.78, 5) is 11.4. The van der Waals surface area contributed by atoms with Crippen LogP contribution < -0.4 is 5.32 Å². The van der Waals surface area contributed by atoms with Gasteiger partial charge in [-0.25, -0.2) is 4.79 Å². The van der Waals surface area contributed by atoms with Crippen molar-refractivity contribution in [1.29, 1.82) is 0 Å². The summed E-state index contributed by atoms with van der Waals surface area (Å²) < 4.78 is 5.12. The van der Waals surface area contributed by atoms with E-state index in [2.05, 4.69) is 15.5 Å². The van der Waals surface area contributed by atoms with Crippen LogP contribution in [0.15, 0.2) is 6.08 Å². The number of nitrogens with zero attached hydrogens (tertiary/aromatic N) is 1. The van der Waals surface area contributed by atoms with Crippen molar-refractivity contribution in [3.63, 3.8) is 0 Å². The van der Waals surface area contributed by atoms with E-state index >= 15 is 0 Å². The van der Waals surface area contributed by atoms with E-state index in [1.54, 1.807) is 0 Å². The van der Waals surface area contributed by atoms with Crippen LogP contribution in [-0.2, 0) is 4.74 Å². The molecule has 18 heavy (non-hydrogen) atoms. The second-order valence-corrected chi connectivity index (χ2v) is 5.13. The average Bonchev–Trinajstić information content (AvgIpc) is 2.52. The van der Waals surface area contributed by atoms with Gasteiger partial charge in [0.15, 0.2) is 0 Å². The summed E-state index contributed by atoms with van der Waals surface area (Å²) in [6, 6.07) is 0. The van der Waals surface area contributed by atoms with Gasteiger partial charge in [0.05, 0.1) is 5.69 Å². The molecule has 5 nitrogen and oxygen atoms in total. The fourth-order valence-corrected chi connectivity index (χ4v) is 1.44. The Labute approximate surface area is 108 Å². The number of aromatic amines is 1. The molecule has 1 aromatic rings. The van der Waals surface area contributed by atoms with Crippen LogP contribution in [-0.4, -0.2) is 28.4 Å². The zero-order valence-corrected chi connectivity index (χ0v) is 11.6. The van der Waals surface area contributed by atoms with Crippen LogP contribution in [0.2, 0.25) is 0 Å². The Morgan fingerprint density at radius 1 is 1.44 bits per heavy atom. The Morgan fingerprint density at radius 3 is 2.61 bits per heavy atom. The molecule has 1 heterocycles. The van der Waals surface area contributed by atoms with E-state index in [1.165, 1.54) is 0 Å². The van der Waals surface area contributed by atoms with Gasteiger partial charge in [0, 0.05) is 17.8 Å². The molecule has 1 aromatic heterocycles. The predicted molar refractivity (Wildman–Crippen MR) is 71.3 cm³/mol. The van der Waals surface area contributed by atoms with E-state index in [9.17, 15) is 4.79 Å². The molecule has 0 bridgehead atoms. The smallest absolute Gasteiger partial charge is 0.407 e. The van der Waals surface area contributed by atoms with Gasteiger partial charge in [-0.15, -0.1) is 0 Å². The Hall–Kier alpha value is -1.78. The maximum absolute atomic E-state index is 11.4. The van der Waals surface area contributed by atoms with E-state index in [0.717, 1.165) is 17.0 Å². The van der Waals surface area contributed by atoms with E-state index < -0.39 is 11.7 Å². The van der Waals surface area contributed by atoms with Crippen LogP contribution in [0.3, 0.4) is 0 Å². The Balaban J connectivity index is 2.41. The van der Waals surface area contributed by atoms with Crippen molar-refractivity contribution in [2.24, 2.45) is 0 Å². The lowest BCUT2D eigenvalue weighted by Gasteiger charge is -2.19. The minimum Gasteiger partial charge on any atom is -0.444 e. The van der Waals surface area contributed by atoms with Crippen molar-refractivity contribution < 1.29 is 9.53 Å².